The van der Waals surface area contributed by atoms with Gasteiger partial charge < -0.3 is 9.84 Å². The molecule has 1 heterocycles. The number of ether oxygens (including phenoxy) is 1. The van der Waals surface area contributed by atoms with Crippen LogP contribution in [0.3, 0.4) is 0 Å². The molecule has 6 heteroatoms. The summed E-state index contributed by atoms with van der Waals surface area (Å²) < 4.78 is 5.93. The lowest BCUT2D eigenvalue weighted by molar-refractivity contribution is -0.113. The van der Waals surface area contributed by atoms with Gasteiger partial charge in [0.2, 0.25) is 0 Å². The minimum absolute atomic E-state index is 0.0784. The van der Waals surface area contributed by atoms with Crippen molar-refractivity contribution in [3.63, 3.8) is 0 Å². The highest BCUT2D eigenvalue weighted by molar-refractivity contribution is 8.27. The molecule has 0 aliphatic carbocycles. The van der Waals surface area contributed by atoms with Crippen molar-refractivity contribution >= 4 is 46.0 Å². The fraction of sp³-hybridized carbons (Fsp3) is 0.273. The summed E-state index contributed by atoms with van der Waals surface area (Å²) in [5.74, 6) is 0.339. The Balaban J connectivity index is 1.81. The van der Waals surface area contributed by atoms with Crippen LogP contribution in [0.1, 0.15) is 37.8 Å². The summed E-state index contributed by atoms with van der Waals surface area (Å²) in [5, 5.41) is 9.84. The molecule has 2 aromatic carbocycles. The third kappa shape index (κ3) is 4.56. The van der Waals surface area contributed by atoms with E-state index in [0.717, 1.165) is 30.5 Å². The summed E-state index contributed by atoms with van der Waals surface area (Å²) in [5.41, 5.74) is 2.82. The molecule has 146 valence electrons. The monoisotopic (exact) mass is 413 g/mol. The number of unbranched alkanes of at least 4 members (excludes halogenated alkanes) is 1. The molecule has 4 nitrogen and oxygen atoms in total. The van der Waals surface area contributed by atoms with E-state index in [9.17, 15) is 9.90 Å². The molecule has 0 bridgehead atoms. The minimum Gasteiger partial charge on any atom is -0.504 e. The van der Waals surface area contributed by atoms with Crippen LogP contribution in [0, 0.1) is 0 Å². The summed E-state index contributed by atoms with van der Waals surface area (Å²) in [6.45, 7) is 4.48. The zero-order chi connectivity index (χ0) is 20.1. The summed E-state index contributed by atoms with van der Waals surface area (Å²) >= 11 is 6.72. The molecule has 0 atom stereocenters. The molecular weight excluding hydrogens is 390 g/mol. The summed E-state index contributed by atoms with van der Waals surface area (Å²) in [6, 6.07) is 13.0. The molecule has 1 aliphatic rings. The molecule has 1 saturated heterocycles. The Kier molecular flexibility index (Phi) is 6.75. The molecule has 2 aromatic rings. The third-order valence-electron chi connectivity index (χ3n) is 4.39. The molecule has 0 saturated carbocycles. The first kappa shape index (κ1) is 20.4. The topological polar surface area (TPSA) is 49.8 Å². The second kappa shape index (κ2) is 9.26. The van der Waals surface area contributed by atoms with Crippen LogP contribution in [0.15, 0.2) is 47.4 Å². The maximum Gasteiger partial charge on any atom is 0.270 e. The lowest BCUT2D eigenvalue weighted by atomic mass is 10.1. The summed E-state index contributed by atoms with van der Waals surface area (Å²) in [7, 11) is 0. The van der Waals surface area contributed by atoms with Gasteiger partial charge in [-0.05, 0) is 61.2 Å². The number of rotatable bonds is 7. The van der Waals surface area contributed by atoms with Crippen LogP contribution in [0.2, 0.25) is 0 Å². The average Bonchev–Trinajstić information content (AvgIpc) is 2.96. The number of benzene rings is 2. The Bertz CT molecular complexity index is 906. The molecule has 1 N–H and O–H groups in total. The van der Waals surface area contributed by atoms with Crippen molar-refractivity contribution in [2.24, 2.45) is 0 Å². The summed E-state index contributed by atoms with van der Waals surface area (Å²) in [6.07, 6.45) is 5.12. The Morgan fingerprint density at radius 2 is 1.93 bits per heavy atom. The fourth-order valence-electron chi connectivity index (χ4n) is 2.93. The first-order valence-electron chi connectivity index (χ1n) is 9.36. The summed E-state index contributed by atoms with van der Waals surface area (Å²) in [4.78, 5) is 15.0. The van der Waals surface area contributed by atoms with Crippen LogP contribution in [0.25, 0.3) is 6.08 Å². The van der Waals surface area contributed by atoms with Gasteiger partial charge in [0.15, 0.2) is 15.8 Å². The number of carbonyl (C=O) groups excluding carboxylic acids is 1. The van der Waals surface area contributed by atoms with E-state index in [1.54, 1.807) is 29.2 Å². The molecule has 3 rings (SSSR count). The maximum absolute atomic E-state index is 12.9. The van der Waals surface area contributed by atoms with Gasteiger partial charge in [0.25, 0.3) is 5.91 Å². The standard InChI is InChI=1S/C22H23NO3S2/c1-3-5-6-15-7-10-17(11-8-15)23-21(25)20(28-22(23)27)14-16-9-12-18(24)19(13-16)26-4-2/h7-14,24H,3-6H2,1-2H3. The number of amides is 1. The molecular formula is C22H23NO3S2. The van der Waals surface area contributed by atoms with Crippen molar-refractivity contribution in [1.29, 1.82) is 0 Å². The van der Waals surface area contributed by atoms with Crippen LogP contribution in [-0.2, 0) is 11.2 Å². The number of hydrogen-bond acceptors (Lipinski definition) is 5. The normalized spacial score (nSPS) is 15.5. The van der Waals surface area contributed by atoms with Crippen molar-refractivity contribution in [3.8, 4) is 11.5 Å². The number of hydrogen-bond donors (Lipinski definition) is 1. The van der Waals surface area contributed by atoms with E-state index in [1.807, 2.05) is 19.1 Å². The number of phenolic OH excluding ortho intramolecular Hbond substituents is 1. The fourth-order valence-corrected chi connectivity index (χ4v) is 4.22. The number of thiocarbonyl (C=S) groups is 1. The van der Waals surface area contributed by atoms with Crippen LogP contribution in [0.5, 0.6) is 11.5 Å². The molecule has 1 fully saturated rings. The molecule has 1 amide bonds. The highest BCUT2D eigenvalue weighted by atomic mass is 32.2. The molecule has 0 aromatic heterocycles. The number of phenols is 1. The first-order chi connectivity index (χ1) is 13.5. The van der Waals surface area contributed by atoms with E-state index in [1.165, 1.54) is 17.3 Å². The molecule has 0 unspecified atom stereocenters. The number of anilines is 1. The number of nitrogens with zero attached hydrogens (tertiary/aromatic N) is 1. The van der Waals surface area contributed by atoms with Crippen LogP contribution >= 0.6 is 24.0 Å². The van der Waals surface area contributed by atoms with E-state index in [2.05, 4.69) is 19.1 Å². The molecule has 0 radical (unpaired) electrons. The molecule has 1 aliphatic heterocycles. The van der Waals surface area contributed by atoms with Gasteiger partial charge in [0.05, 0.1) is 17.2 Å². The Morgan fingerprint density at radius 3 is 2.61 bits per heavy atom. The maximum atomic E-state index is 12.9. The number of aromatic hydroxyl groups is 1. The number of thioether (sulfide) groups is 1. The average molecular weight is 414 g/mol. The highest BCUT2D eigenvalue weighted by Gasteiger charge is 2.33. The van der Waals surface area contributed by atoms with Gasteiger partial charge in [-0.2, -0.15) is 0 Å². The predicted molar refractivity (Wildman–Crippen MR) is 120 cm³/mol. The van der Waals surface area contributed by atoms with Gasteiger partial charge in [0.1, 0.15) is 0 Å². The van der Waals surface area contributed by atoms with Gasteiger partial charge in [-0.1, -0.05) is 55.5 Å². The first-order valence-corrected chi connectivity index (χ1v) is 10.6. The second-order valence-electron chi connectivity index (χ2n) is 6.45. The van der Waals surface area contributed by atoms with Gasteiger partial charge in [0, 0.05) is 0 Å². The van der Waals surface area contributed by atoms with Crippen molar-refractivity contribution in [1.82, 2.24) is 0 Å². The van der Waals surface area contributed by atoms with Crippen molar-refractivity contribution < 1.29 is 14.6 Å². The van der Waals surface area contributed by atoms with E-state index >= 15 is 0 Å². The minimum atomic E-state index is -0.137. The van der Waals surface area contributed by atoms with Gasteiger partial charge in [-0.15, -0.1) is 0 Å². The number of aryl methyl sites for hydroxylation is 1. The highest BCUT2D eigenvalue weighted by Crippen LogP contribution is 2.37. The van der Waals surface area contributed by atoms with Crippen LogP contribution < -0.4 is 9.64 Å². The predicted octanol–water partition coefficient (Wildman–Crippen LogP) is 5.54. The van der Waals surface area contributed by atoms with E-state index in [4.69, 9.17) is 17.0 Å². The van der Waals surface area contributed by atoms with Crippen molar-refractivity contribution in [2.75, 3.05) is 11.5 Å². The van der Waals surface area contributed by atoms with E-state index in [0.29, 0.717) is 21.6 Å². The van der Waals surface area contributed by atoms with Crippen LogP contribution in [-0.4, -0.2) is 21.9 Å². The third-order valence-corrected chi connectivity index (χ3v) is 5.69. The van der Waals surface area contributed by atoms with E-state index in [-0.39, 0.29) is 11.7 Å². The lowest BCUT2D eigenvalue weighted by Crippen LogP contribution is -2.27. The zero-order valence-corrected chi connectivity index (χ0v) is 17.6. The molecule has 0 spiro atoms. The van der Waals surface area contributed by atoms with Gasteiger partial charge in [-0.25, -0.2) is 0 Å². The zero-order valence-electron chi connectivity index (χ0n) is 16.0. The quantitative estimate of drug-likeness (QED) is 0.477. The van der Waals surface area contributed by atoms with E-state index < -0.39 is 0 Å². The van der Waals surface area contributed by atoms with Crippen molar-refractivity contribution in [3.05, 3.63) is 58.5 Å². The number of carbonyl (C=O) groups is 1. The SMILES string of the molecule is CCCCc1ccc(N2C(=O)C(=Cc3ccc(O)c(OCC)c3)SC2=S)cc1. The Labute approximate surface area is 175 Å². The Hall–Kier alpha value is -2.31. The Morgan fingerprint density at radius 1 is 1.18 bits per heavy atom. The largest absolute Gasteiger partial charge is 0.504 e. The van der Waals surface area contributed by atoms with Crippen LogP contribution in [0.4, 0.5) is 5.69 Å². The van der Waals surface area contributed by atoms with Gasteiger partial charge >= 0.3 is 0 Å². The smallest absolute Gasteiger partial charge is 0.270 e. The van der Waals surface area contributed by atoms with Gasteiger partial charge in [-0.3, -0.25) is 9.69 Å². The molecule has 28 heavy (non-hydrogen) atoms. The van der Waals surface area contributed by atoms with Crippen molar-refractivity contribution in [2.45, 2.75) is 33.1 Å². The lowest BCUT2D eigenvalue weighted by Gasteiger charge is -2.15. The second-order valence-corrected chi connectivity index (χ2v) is 8.12.